The van der Waals surface area contributed by atoms with Gasteiger partial charge in [-0.15, -0.1) is 0 Å². The van der Waals surface area contributed by atoms with Gasteiger partial charge in [-0.05, 0) is 31.9 Å². The van der Waals surface area contributed by atoms with Gasteiger partial charge in [0.2, 0.25) is 0 Å². The van der Waals surface area contributed by atoms with Gasteiger partial charge in [0.1, 0.15) is 5.69 Å². The maximum Gasteiger partial charge on any atom is 0.433 e. The van der Waals surface area contributed by atoms with Crippen molar-refractivity contribution in [3.63, 3.8) is 0 Å². The molecule has 1 saturated heterocycles. The summed E-state index contributed by atoms with van der Waals surface area (Å²) in [5.41, 5.74) is -0.231. The number of pyridine rings is 1. The number of hydrogen-bond donors (Lipinski definition) is 2. The highest BCUT2D eigenvalue weighted by molar-refractivity contribution is 5.99. The third-order valence-electron chi connectivity index (χ3n) is 4.05. The second-order valence-electron chi connectivity index (χ2n) is 5.96. The summed E-state index contributed by atoms with van der Waals surface area (Å²) in [6.45, 7) is 2.75. The summed E-state index contributed by atoms with van der Waals surface area (Å²) >= 11 is 0. The van der Waals surface area contributed by atoms with E-state index >= 15 is 0 Å². The molecule has 0 saturated carbocycles. The summed E-state index contributed by atoms with van der Waals surface area (Å²) in [4.78, 5) is 15.5. The zero-order valence-electron chi connectivity index (χ0n) is 14.0. The molecule has 140 valence electrons. The van der Waals surface area contributed by atoms with E-state index in [0.717, 1.165) is 18.9 Å². The molecule has 2 aromatic rings. The molecular formula is C16H18F3N5O2. The Bertz CT molecular complexity index is 784. The van der Waals surface area contributed by atoms with Crippen LogP contribution in [-0.4, -0.2) is 34.0 Å². The summed E-state index contributed by atoms with van der Waals surface area (Å²) in [6, 6.07) is 1.65. The number of nitrogens with one attached hydrogen (secondary N) is 2. The average Bonchev–Trinajstić information content (AvgIpc) is 3.05. The molecule has 0 aliphatic carbocycles. The highest BCUT2D eigenvalue weighted by Gasteiger charge is 2.32. The number of rotatable bonds is 3. The Morgan fingerprint density at radius 1 is 1.27 bits per heavy atom. The van der Waals surface area contributed by atoms with Gasteiger partial charge in [-0.2, -0.15) is 18.3 Å². The molecule has 3 heterocycles. The van der Waals surface area contributed by atoms with E-state index in [-0.39, 0.29) is 17.4 Å². The highest BCUT2D eigenvalue weighted by atomic mass is 19.4. The number of nitrogens with zero attached hydrogens (tertiary/aromatic N) is 3. The molecule has 0 bridgehead atoms. The molecule has 1 aliphatic heterocycles. The minimum Gasteiger partial charge on any atom is -0.381 e. The number of alkyl halides is 3. The molecule has 7 nitrogen and oxygen atoms in total. The van der Waals surface area contributed by atoms with E-state index in [9.17, 15) is 18.0 Å². The summed E-state index contributed by atoms with van der Waals surface area (Å²) in [5, 5.41) is 9.33. The van der Waals surface area contributed by atoms with Gasteiger partial charge < -0.3 is 15.4 Å². The van der Waals surface area contributed by atoms with Crippen LogP contribution in [0.3, 0.4) is 0 Å². The van der Waals surface area contributed by atoms with Gasteiger partial charge in [-0.3, -0.25) is 4.68 Å². The maximum absolute atomic E-state index is 12.6. The highest BCUT2D eigenvalue weighted by Crippen LogP contribution is 2.29. The Kier molecular flexibility index (Phi) is 5.12. The lowest BCUT2D eigenvalue weighted by molar-refractivity contribution is -0.141. The number of hydrogen-bond acceptors (Lipinski definition) is 4. The van der Waals surface area contributed by atoms with Crippen LogP contribution in [0.2, 0.25) is 0 Å². The molecule has 2 N–H and O–H groups in total. The van der Waals surface area contributed by atoms with Crippen molar-refractivity contribution in [3.8, 4) is 0 Å². The fourth-order valence-electron chi connectivity index (χ4n) is 2.69. The van der Waals surface area contributed by atoms with Crippen LogP contribution in [0.15, 0.2) is 24.5 Å². The van der Waals surface area contributed by atoms with Crippen LogP contribution in [-0.2, 0) is 10.9 Å². The number of aromatic nitrogens is 3. The van der Waals surface area contributed by atoms with E-state index in [1.165, 1.54) is 19.2 Å². The first-order valence-electron chi connectivity index (χ1n) is 8.07. The largest absolute Gasteiger partial charge is 0.433 e. The Labute approximate surface area is 147 Å². The van der Waals surface area contributed by atoms with E-state index in [0.29, 0.717) is 18.9 Å². The maximum atomic E-state index is 12.6. The number of carbonyl (C=O) groups is 1. The molecule has 0 atom stereocenters. The second-order valence-corrected chi connectivity index (χ2v) is 5.96. The molecule has 1 fully saturated rings. The summed E-state index contributed by atoms with van der Waals surface area (Å²) in [6.07, 6.45) is 0.415. The third-order valence-corrected chi connectivity index (χ3v) is 4.05. The summed E-state index contributed by atoms with van der Waals surface area (Å²) < 4.78 is 45.0. The lowest BCUT2D eigenvalue weighted by atomic mass is 10.1. The molecule has 0 radical (unpaired) electrons. The van der Waals surface area contributed by atoms with Crippen molar-refractivity contribution in [2.75, 3.05) is 23.8 Å². The Hall–Kier alpha value is -2.62. The number of amides is 2. The lowest BCUT2D eigenvalue weighted by Gasteiger charge is -2.22. The van der Waals surface area contributed by atoms with E-state index in [1.54, 1.807) is 10.9 Å². The van der Waals surface area contributed by atoms with Gasteiger partial charge in [-0.25, -0.2) is 9.78 Å². The minimum absolute atomic E-state index is 0.0767. The molecular weight excluding hydrogens is 351 g/mol. The van der Waals surface area contributed by atoms with Crippen LogP contribution in [0, 0.1) is 6.92 Å². The van der Waals surface area contributed by atoms with Crippen LogP contribution >= 0.6 is 0 Å². The zero-order valence-corrected chi connectivity index (χ0v) is 14.0. The van der Waals surface area contributed by atoms with Crippen molar-refractivity contribution in [2.24, 2.45) is 0 Å². The molecule has 2 amide bonds. The molecule has 0 spiro atoms. The van der Waals surface area contributed by atoms with Gasteiger partial charge in [0.25, 0.3) is 0 Å². The predicted octanol–water partition coefficient (Wildman–Crippen LogP) is 3.60. The second kappa shape index (κ2) is 7.32. The van der Waals surface area contributed by atoms with Gasteiger partial charge in [0.05, 0.1) is 29.3 Å². The number of halogens is 3. The van der Waals surface area contributed by atoms with Crippen molar-refractivity contribution in [2.45, 2.75) is 32.0 Å². The zero-order chi connectivity index (χ0) is 18.7. The lowest BCUT2D eigenvalue weighted by Crippen LogP contribution is -2.21. The van der Waals surface area contributed by atoms with Crippen LogP contribution < -0.4 is 10.6 Å². The number of aryl methyl sites for hydroxylation is 1. The quantitative estimate of drug-likeness (QED) is 0.866. The molecule has 2 aromatic heterocycles. The van der Waals surface area contributed by atoms with E-state index in [2.05, 4.69) is 20.7 Å². The van der Waals surface area contributed by atoms with Gasteiger partial charge in [-0.1, -0.05) is 0 Å². The van der Waals surface area contributed by atoms with E-state index < -0.39 is 17.9 Å². The Morgan fingerprint density at radius 2 is 2.00 bits per heavy atom. The SMILES string of the molecule is Cc1nc(C(F)(F)F)ccc1NC(=O)Nc1cnn(C2CCOCC2)c1. The molecule has 10 heteroatoms. The fraction of sp³-hybridized carbons (Fsp3) is 0.438. The normalized spacial score (nSPS) is 15.7. The van der Waals surface area contributed by atoms with Crippen molar-refractivity contribution < 1.29 is 22.7 Å². The molecule has 26 heavy (non-hydrogen) atoms. The number of carbonyl (C=O) groups excluding carboxylic acids is 1. The van der Waals surface area contributed by atoms with Crippen molar-refractivity contribution in [1.82, 2.24) is 14.8 Å². The molecule has 1 aliphatic rings. The molecule has 0 aromatic carbocycles. The standard InChI is InChI=1S/C16H18F3N5O2/c1-10-13(2-3-14(21-10)16(17,18)19)23-15(25)22-11-8-20-24(9-11)12-4-6-26-7-5-12/h2-3,8-9,12H,4-7H2,1H3,(H2,22,23,25). The van der Waals surface area contributed by atoms with Gasteiger partial charge in [0, 0.05) is 19.4 Å². The number of urea groups is 1. The number of anilines is 2. The minimum atomic E-state index is -4.52. The third kappa shape index (κ3) is 4.31. The van der Waals surface area contributed by atoms with Gasteiger partial charge in [0.15, 0.2) is 0 Å². The first kappa shape index (κ1) is 18.2. The summed E-state index contributed by atoms with van der Waals surface area (Å²) in [5.74, 6) is 0. The molecule has 3 rings (SSSR count). The van der Waals surface area contributed by atoms with E-state index in [1.807, 2.05) is 0 Å². The van der Waals surface area contributed by atoms with Crippen LogP contribution in [0.25, 0.3) is 0 Å². The predicted molar refractivity (Wildman–Crippen MR) is 87.9 cm³/mol. The van der Waals surface area contributed by atoms with E-state index in [4.69, 9.17) is 4.74 Å². The van der Waals surface area contributed by atoms with Gasteiger partial charge >= 0.3 is 12.2 Å². The first-order valence-corrected chi connectivity index (χ1v) is 8.07. The fourth-order valence-corrected chi connectivity index (χ4v) is 2.69. The first-order chi connectivity index (χ1) is 12.3. The topological polar surface area (TPSA) is 81.1 Å². The average molecular weight is 369 g/mol. The van der Waals surface area contributed by atoms with Crippen LogP contribution in [0.5, 0.6) is 0 Å². The number of ether oxygens (including phenoxy) is 1. The Morgan fingerprint density at radius 3 is 2.65 bits per heavy atom. The van der Waals surface area contributed by atoms with Crippen molar-refractivity contribution in [3.05, 3.63) is 35.9 Å². The Balaban J connectivity index is 1.61. The van der Waals surface area contributed by atoms with Crippen LogP contribution in [0.1, 0.15) is 30.3 Å². The summed E-state index contributed by atoms with van der Waals surface area (Å²) in [7, 11) is 0. The smallest absolute Gasteiger partial charge is 0.381 e. The van der Waals surface area contributed by atoms with Crippen LogP contribution in [0.4, 0.5) is 29.3 Å². The monoisotopic (exact) mass is 369 g/mol. The van der Waals surface area contributed by atoms with Crippen molar-refractivity contribution in [1.29, 1.82) is 0 Å². The van der Waals surface area contributed by atoms with Crippen molar-refractivity contribution >= 4 is 17.4 Å². The molecule has 0 unspecified atom stereocenters.